The van der Waals surface area contributed by atoms with Crippen molar-refractivity contribution < 1.29 is 18.7 Å². The van der Waals surface area contributed by atoms with Crippen LogP contribution in [0, 0.1) is 5.82 Å². The highest BCUT2D eigenvalue weighted by molar-refractivity contribution is 7.17. The van der Waals surface area contributed by atoms with E-state index in [2.05, 4.69) is 5.32 Å². The van der Waals surface area contributed by atoms with E-state index in [0.29, 0.717) is 16.1 Å². The van der Waals surface area contributed by atoms with Gasteiger partial charge in [-0.05, 0) is 42.5 Å². The molecule has 6 heteroatoms. The maximum atomic E-state index is 12.9. The number of rotatable bonds is 4. The molecule has 3 rings (SSSR count). The fourth-order valence-electron chi connectivity index (χ4n) is 2.77. The first-order valence-electron chi connectivity index (χ1n) is 7.35. The van der Waals surface area contributed by atoms with Crippen LogP contribution in [-0.2, 0) is 28.8 Å². The average molecular weight is 333 g/mol. The summed E-state index contributed by atoms with van der Waals surface area (Å²) in [4.78, 5) is 25.4. The molecule has 0 unspecified atom stereocenters. The van der Waals surface area contributed by atoms with Crippen LogP contribution in [0.2, 0.25) is 0 Å². The molecule has 4 nitrogen and oxygen atoms in total. The van der Waals surface area contributed by atoms with E-state index in [0.717, 1.165) is 29.7 Å². The molecule has 1 aromatic carbocycles. The second kappa shape index (κ2) is 6.50. The van der Waals surface area contributed by atoms with E-state index < -0.39 is 5.97 Å². The number of ether oxygens (including phenoxy) is 1. The highest BCUT2D eigenvalue weighted by Crippen LogP contribution is 2.39. The van der Waals surface area contributed by atoms with E-state index >= 15 is 0 Å². The Balaban J connectivity index is 1.78. The lowest BCUT2D eigenvalue weighted by Gasteiger charge is -2.07. The number of esters is 1. The zero-order valence-electron chi connectivity index (χ0n) is 12.6. The summed E-state index contributed by atoms with van der Waals surface area (Å²) in [5.41, 5.74) is 2.20. The smallest absolute Gasteiger partial charge is 0.341 e. The maximum Gasteiger partial charge on any atom is 0.341 e. The summed E-state index contributed by atoms with van der Waals surface area (Å²) in [5, 5.41) is 3.35. The van der Waals surface area contributed by atoms with Crippen LogP contribution in [0.5, 0.6) is 0 Å². The van der Waals surface area contributed by atoms with Crippen molar-refractivity contribution in [2.24, 2.45) is 0 Å². The van der Waals surface area contributed by atoms with Gasteiger partial charge in [0.25, 0.3) is 0 Å². The number of hydrogen-bond donors (Lipinski definition) is 1. The molecule has 1 amide bonds. The Kier molecular flexibility index (Phi) is 4.43. The third-order valence-corrected chi connectivity index (χ3v) is 5.05. The number of aryl methyl sites for hydroxylation is 1. The van der Waals surface area contributed by atoms with Crippen molar-refractivity contribution in [1.29, 1.82) is 0 Å². The Morgan fingerprint density at radius 3 is 2.70 bits per heavy atom. The fourth-order valence-corrected chi connectivity index (χ4v) is 4.06. The summed E-state index contributed by atoms with van der Waals surface area (Å²) in [5.74, 6) is -0.986. The molecule has 0 radical (unpaired) electrons. The first kappa shape index (κ1) is 15.7. The van der Waals surface area contributed by atoms with Crippen LogP contribution in [-0.4, -0.2) is 19.0 Å². The van der Waals surface area contributed by atoms with Gasteiger partial charge in [0.05, 0.1) is 19.1 Å². The Morgan fingerprint density at radius 2 is 2.00 bits per heavy atom. The number of hydrogen-bond acceptors (Lipinski definition) is 4. The van der Waals surface area contributed by atoms with E-state index in [1.54, 1.807) is 12.1 Å². The minimum absolute atomic E-state index is 0.128. The average Bonchev–Trinajstić information content (AvgIpc) is 3.09. The molecule has 0 spiro atoms. The summed E-state index contributed by atoms with van der Waals surface area (Å²) in [6, 6.07) is 5.79. The minimum Gasteiger partial charge on any atom is -0.465 e. The van der Waals surface area contributed by atoms with Crippen molar-refractivity contribution in [2.45, 2.75) is 25.7 Å². The SMILES string of the molecule is COC(=O)c1c(NC(=O)Cc2ccc(F)cc2)sc2c1CCC2. The topological polar surface area (TPSA) is 55.4 Å². The lowest BCUT2D eigenvalue weighted by Crippen LogP contribution is -2.16. The van der Waals surface area contributed by atoms with Gasteiger partial charge in [-0.2, -0.15) is 0 Å². The van der Waals surface area contributed by atoms with Gasteiger partial charge >= 0.3 is 5.97 Å². The molecule has 0 fully saturated rings. The van der Waals surface area contributed by atoms with E-state index in [1.165, 1.54) is 30.6 Å². The van der Waals surface area contributed by atoms with Gasteiger partial charge in [0.15, 0.2) is 0 Å². The standard InChI is InChI=1S/C17H16FNO3S/c1-22-17(21)15-12-3-2-4-13(12)23-16(15)19-14(20)9-10-5-7-11(18)8-6-10/h5-8H,2-4,9H2,1H3,(H,19,20). The van der Waals surface area contributed by atoms with Gasteiger partial charge in [-0.15, -0.1) is 11.3 Å². The summed E-state index contributed by atoms with van der Waals surface area (Å²) >= 11 is 1.44. The first-order valence-corrected chi connectivity index (χ1v) is 8.17. The molecule has 0 saturated carbocycles. The highest BCUT2D eigenvalue weighted by Gasteiger charge is 2.27. The number of nitrogens with one attached hydrogen (secondary N) is 1. The van der Waals surface area contributed by atoms with Crippen LogP contribution in [0.3, 0.4) is 0 Å². The van der Waals surface area contributed by atoms with Crippen molar-refractivity contribution in [3.8, 4) is 0 Å². The number of halogens is 1. The van der Waals surface area contributed by atoms with Gasteiger partial charge in [-0.3, -0.25) is 4.79 Å². The van der Waals surface area contributed by atoms with Crippen LogP contribution in [0.4, 0.5) is 9.39 Å². The zero-order chi connectivity index (χ0) is 16.4. The predicted octanol–water partition coefficient (Wildman–Crippen LogP) is 3.34. The van der Waals surface area contributed by atoms with Gasteiger partial charge in [0.1, 0.15) is 10.8 Å². The summed E-state index contributed by atoms with van der Waals surface area (Å²) in [7, 11) is 1.34. The number of benzene rings is 1. The second-order valence-corrected chi connectivity index (χ2v) is 6.51. The normalized spacial score (nSPS) is 12.8. The molecule has 1 aliphatic rings. The molecule has 23 heavy (non-hydrogen) atoms. The monoisotopic (exact) mass is 333 g/mol. The Hall–Kier alpha value is -2.21. The van der Waals surface area contributed by atoms with Crippen LogP contribution in [0.1, 0.15) is 32.8 Å². The van der Waals surface area contributed by atoms with Crippen molar-refractivity contribution in [3.05, 3.63) is 51.7 Å². The number of carbonyl (C=O) groups excluding carboxylic acids is 2. The maximum absolute atomic E-state index is 12.9. The van der Waals surface area contributed by atoms with Gasteiger partial charge in [-0.1, -0.05) is 12.1 Å². The minimum atomic E-state index is -0.415. The molecule has 0 saturated heterocycles. The first-order chi connectivity index (χ1) is 11.1. The highest BCUT2D eigenvalue weighted by atomic mass is 32.1. The van der Waals surface area contributed by atoms with Crippen molar-refractivity contribution in [1.82, 2.24) is 0 Å². The molecule has 0 bridgehead atoms. The third-order valence-electron chi connectivity index (χ3n) is 3.84. The molecule has 0 aliphatic heterocycles. The summed E-state index contributed by atoms with van der Waals surface area (Å²) < 4.78 is 17.7. The van der Waals surface area contributed by atoms with Gasteiger partial charge in [-0.25, -0.2) is 9.18 Å². The van der Waals surface area contributed by atoms with Crippen LogP contribution < -0.4 is 5.32 Å². The Bertz CT molecular complexity index is 752. The number of amides is 1. The second-order valence-electron chi connectivity index (χ2n) is 5.40. The van der Waals surface area contributed by atoms with E-state index in [-0.39, 0.29) is 18.1 Å². The third kappa shape index (κ3) is 3.27. The molecule has 1 heterocycles. The number of anilines is 1. The molecule has 1 aliphatic carbocycles. The van der Waals surface area contributed by atoms with E-state index in [1.807, 2.05) is 0 Å². The molecular weight excluding hydrogens is 317 g/mol. The van der Waals surface area contributed by atoms with Crippen LogP contribution in [0.15, 0.2) is 24.3 Å². The zero-order valence-corrected chi connectivity index (χ0v) is 13.5. The van der Waals surface area contributed by atoms with E-state index in [9.17, 15) is 14.0 Å². The van der Waals surface area contributed by atoms with Gasteiger partial charge < -0.3 is 10.1 Å². The van der Waals surface area contributed by atoms with Gasteiger partial charge in [0.2, 0.25) is 5.91 Å². The summed E-state index contributed by atoms with van der Waals surface area (Å²) in [6.45, 7) is 0. The molecule has 0 atom stereocenters. The van der Waals surface area contributed by atoms with Crippen LogP contribution in [0.25, 0.3) is 0 Å². The van der Waals surface area contributed by atoms with Gasteiger partial charge in [0, 0.05) is 4.88 Å². The van der Waals surface area contributed by atoms with Crippen LogP contribution >= 0.6 is 11.3 Å². The fraction of sp³-hybridized carbons (Fsp3) is 0.294. The largest absolute Gasteiger partial charge is 0.465 e. The quantitative estimate of drug-likeness (QED) is 0.873. The Labute approximate surface area is 137 Å². The number of fused-ring (bicyclic) bond motifs is 1. The predicted molar refractivity (Wildman–Crippen MR) is 86.4 cm³/mol. The lowest BCUT2D eigenvalue weighted by molar-refractivity contribution is -0.115. The van der Waals surface area contributed by atoms with Crippen molar-refractivity contribution in [2.75, 3.05) is 12.4 Å². The number of carbonyl (C=O) groups is 2. The summed E-state index contributed by atoms with van der Waals surface area (Å²) in [6.07, 6.45) is 2.92. The number of thiophene rings is 1. The lowest BCUT2D eigenvalue weighted by atomic mass is 10.1. The molecule has 120 valence electrons. The molecular formula is C17H16FNO3S. The van der Waals surface area contributed by atoms with E-state index in [4.69, 9.17) is 4.74 Å². The molecule has 1 N–H and O–H groups in total. The molecule has 2 aromatic rings. The number of methoxy groups -OCH3 is 1. The van der Waals surface area contributed by atoms with Crippen molar-refractivity contribution in [3.63, 3.8) is 0 Å². The molecule has 1 aromatic heterocycles. The van der Waals surface area contributed by atoms with Crippen molar-refractivity contribution >= 4 is 28.2 Å². The Morgan fingerprint density at radius 1 is 1.26 bits per heavy atom.